The third-order valence-electron chi connectivity index (χ3n) is 0.434. The lowest BCUT2D eigenvalue weighted by Crippen LogP contribution is -2.07. The molecule has 0 amide bonds. The van der Waals surface area contributed by atoms with Gasteiger partial charge < -0.3 is 9.84 Å². The lowest BCUT2D eigenvalue weighted by Gasteiger charge is -1.93. The van der Waals surface area contributed by atoms with Crippen molar-refractivity contribution < 1.29 is 14.6 Å². The topological polar surface area (TPSA) is 46.5 Å². The van der Waals surface area contributed by atoms with Crippen molar-refractivity contribution in [2.75, 3.05) is 13.2 Å². The first-order chi connectivity index (χ1) is 4.31. The molecule has 0 aromatic heterocycles. The molecule has 0 heterocycles. The number of rotatable bonds is 2. The van der Waals surface area contributed by atoms with Gasteiger partial charge in [-0.3, -0.25) is 0 Å². The van der Waals surface area contributed by atoms with Crippen molar-refractivity contribution in [3.8, 4) is 0 Å². The number of aliphatic hydroxyl groups is 1. The van der Waals surface area contributed by atoms with E-state index < -0.39 is 12.6 Å². The van der Waals surface area contributed by atoms with E-state index in [0.29, 0.717) is 6.61 Å². The Balaban J connectivity index is 0. The standard InChI is InChI=1S/C4H8O3.C2H4/c1-2-7-4(6)3-5;1-2/h5H,2-3H2,1H3;1-2H2. The zero-order valence-electron chi connectivity index (χ0n) is 5.59. The lowest BCUT2D eigenvalue weighted by molar-refractivity contribution is -0.146. The van der Waals surface area contributed by atoms with Gasteiger partial charge >= 0.3 is 5.97 Å². The normalized spacial score (nSPS) is 6.89. The third-order valence-corrected chi connectivity index (χ3v) is 0.434. The molecule has 0 aromatic rings. The van der Waals surface area contributed by atoms with Gasteiger partial charge in [0, 0.05) is 0 Å². The molecule has 1 N–H and O–H groups in total. The van der Waals surface area contributed by atoms with Gasteiger partial charge in [0.1, 0.15) is 6.61 Å². The Kier molecular flexibility index (Phi) is 12.5. The van der Waals surface area contributed by atoms with Crippen LogP contribution in [0.2, 0.25) is 0 Å². The maximum atomic E-state index is 9.94. The van der Waals surface area contributed by atoms with Gasteiger partial charge in [-0.2, -0.15) is 0 Å². The van der Waals surface area contributed by atoms with E-state index in [1.54, 1.807) is 6.92 Å². The predicted molar refractivity (Wildman–Crippen MR) is 35.0 cm³/mol. The van der Waals surface area contributed by atoms with Crippen LogP contribution in [0, 0.1) is 0 Å². The van der Waals surface area contributed by atoms with Crippen molar-refractivity contribution in [3.05, 3.63) is 13.2 Å². The molecule has 0 saturated heterocycles. The summed E-state index contributed by atoms with van der Waals surface area (Å²) in [4.78, 5) is 9.94. The van der Waals surface area contributed by atoms with Gasteiger partial charge in [-0.25, -0.2) is 4.79 Å². The fraction of sp³-hybridized carbons (Fsp3) is 0.500. The molecular weight excluding hydrogens is 120 g/mol. The van der Waals surface area contributed by atoms with Crippen LogP contribution in [0.3, 0.4) is 0 Å². The van der Waals surface area contributed by atoms with Crippen molar-refractivity contribution in [3.63, 3.8) is 0 Å². The summed E-state index contributed by atoms with van der Waals surface area (Å²) in [5, 5.41) is 7.99. The maximum absolute atomic E-state index is 9.94. The molecule has 0 aliphatic rings. The highest BCUT2D eigenvalue weighted by atomic mass is 16.5. The van der Waals surface area contributed by atoms with Crippen LogP contribution in [0.15, 0.2) is 13.2 Å². The van der Waals surface area contributed by atoms with Crippen LogP contribution < -0.4 is 0 Å². The van der Waals surface area contributed by atoms with Crippen molar-refractivity contribution in [1.29, 1.82) is 0 Å². The summed E-state index contributed by atoms with van der Waals surface area (Å²) >= 11 is 0. The average molecular weight is 132 g/mol. The molecule has 0 spiro atoms. The van der Waals surface area contributed by atoms with Crippen molar-refractivity contribution >= 4 is 5.97 Å². The van der Waals surface area contributed by atoms with Crippen molar-refractivity contribution in [1.82, 2.24) is 0 Å². The number of aliphatic hydroxyl groups excluding tert-OH is 1. The Morgan fingerprint density at radius 1 is 1.67 bits per heavy atom. The van der Waals surface area contributed by atoms with E-state index in [1.165, 1.54) is 0 Å². The summed E-state index contributed by atoms with van der Waals surface area (Å²) in [6.45, 7) is 7.50. The largest absolute Gasteiger partial charge is 0.464 e. The van der Waals surface area contributed by atoms with Crippen molar-refractivity contribution in [2.45, 2.75) is 6.92 Å². The quantitative estimate of drug-likeness (QED) is 0.435. The molecule has 0 saturated carbocycles. The maximum Gasteiger partial charge on any atom is 0.331 e. The average Bonchev–Trinajstić information content (AvgIpc) is 1.93. The summed E-state index contributed by atoms with van der Waals surface area (Å²) in [7, 11) is 0. The second-order valence-corrected chi connectivity index (χ2v) is 0.963. The number of esters is 1. The highest BCUT2D eigenvalue weighted by Gasteiger charge is 1.92. The Hall–Kier alpha value is -0.830. The first kappa shape index (κ1) is 11.0. The van der Waals surface area contributed by atoms with Crippen LogP contribution >= 0.6 is 0 Å². The number of carbonyl (C=O) groups is 1. The van der Waals surface area contributed by atoms with Crippen LogP contribution in [0.25, 0.3) is 0 Å². The monoisotopic (exact) mass is 132 g/mol. The van der Waals surface area contributed by atoms with E-state index in [9.17, 15) is 4.79 Å². The van der Waals surface area contributed by atoms with Crippen LogP contribution in [-0.2, 0) is 9.53 Å². The van der Waals surface area contributed by atoms with Gasteiger partial charge in [0.05, 0.1) is 6.61 Å². The van der Waals surface area contributed by atoms with E-state index in [0.717, 1.165) is 0 Å². The fourth-order valence-electron chi connectivity index (χ4n) is 0.207. The number of hydrogen-bond donors (Lipinski definition) is 1. The first-order valence-electron chi connectivity index (χ1n) is 2.57. The summed E-state index contributed by atoms with van der Waals surface area (Å²) in [5.74, 6) is -0.567. The van der Waals surface area contributed by atoms with Crippen LogP contribution in [0.4, 0.5) is 0 Å². The fourth-order valence-corrected chi connectivity index (χ4v) is 0.207. The van der Waals surface area contributed by atoms with E-state index in [2.05, 4.69) is 17.9 Å². The van der Waals surface area contributed by atoms with Crippen LogP contribution in [-0.4, -0.2) is 24.3 Å². The number of carbonyl (C=O) groups excluding carboxylic acids is 1. The van der Waals surface area contributed by atoms with Crippen molar-refractivity contribution in [2.24, 2.45) is 0 Å². The second-order valence-electron chi connectivity index (χ2n) is 0.963. The highest BCUT2D eigenvalue weighted by molar-refractivity contribution is 5.70. The summed E-state index contributed by atoms with van der Waals surface area (Å²) < 4.78 is 4.30. The summed E-state index contributed by atoms with van der Waals surface area (Å²) in [5.41, 5.74) is 0. The van der Waals surface area contributed by atoms with E-state index in [4.69, 9.17) is 5.11 Å². The minimum Gasteiger partial charge on any atom is -0.464 e. The lowest BCUT2D eigenvalue weighted by atomic mass is 10.7. The van der Waals surface area contributed by atoms with E-state index in [1.807, 2.05) is 0 Å². The minimum absolute atomic E-state index is 0.333. The molecule has 0 aliphatic heterocycles. The molecule has 54 valence electrons. The van der Waals surface area contributed by atoms with E-state index >= 15 is 0 Å². The smallest absolute Gasteiger partial charge is 0.331 e. The van der Waals surface area contributed by atoms with Gasteiger partial charge in [-0.15, -0.1) is 13.2 Å². The molecule has 0 radical (unpaired) electrons. The Bertz CT molecular complexity index is 70.7. The molecular formula is C6H12O3. The highest BCUT2D eigenvalue weighted by Crippen LogP contribution is 1.71. The van der Waals surface area contributed by atoms with Gasteiger partial charge in [-0.05, 0) is 6.92 Å². The van der Waals surface area contributed by atoms with Crippen LogP contribution in [0.5, 0.6) is 0 Å². The number of hydrogen-bond acceptors (Lipinski definition) is 3. The molecule has 3 heteroatoms. The summed E-state index contributed by atoms with van der Waals surface area (Å²) in [6.07, 6.45) is 0. The zero-order valence-corrected chi connectivity index (χ0v) is 5.59. The third kappa shape index (κ3) is 11.0. The Morgan fingerprint density at radius 3 is 2.22 bits per heavy atom. The predicted octanol–water partition coefficient (Wildman–Crippen LogP) is 0.344. The Morgan fingerprint density at radius 2 is 2.11 bits per heavy atom. The SMILES string of the molecule is C=C.CCOC(=O)CO. The Labute approximate surface area is 54.9 Å². The van der Waals surface area contributed by atoms with Gasteiger partial charge in [0.2, 0.25) is 0 Å². The molecule has 0 unspecified atom stereocenters. The molecule has 0 aliphatic carbocycles. The molecule has 0 aromatic carbocycles. The summed E-state index contributed by atoms with van der Waals surface area (Å²) in [6, 6.07) is 0. The molecule has 0 fully saturated rings. The van der Waals surface area contributed by atoms with Gasteiger partial charge in [0.25, 0.3) is 0 Å². The second kappa shape index (κ2) is 10.2. The molecule has 3 nitrogen and oxygen atoms in total. The molecule has 0 rings (SSSR count). The molecule has 0 atom stereocenters. The molecule has 0 bridgehead atoms. The van der Waals surface area contributed by atoms with Gasteiger partial charge in [0.15, 0.2) is 0 Å². The van der Waals surface area contributed by atoms with Gasteiger partial charge in [-0.1, -0.05) is 0 Å². The number of ether oxygens (including phenoxy) is 1. The van der Waals surface area contributed by atoms with Crippen LogP contribution in [0.1, 0.15) is 6.92 Å². The van der Waals surface area contributed by atoms with E-state index in [-0.39, 0.29) is 0 Å². The minimum atomic E-state index is -0.567. The first-order valence-corrected chi connectivity index (χ1v) is 2.57. The molecule has 9 heavy (non-hydrogen) atoms. The zero-order chi connectivity index (χ0) is 7.70.